The standard InChI is InChI=1S/C52H33N3O/c1-4-15-34(16-5-1)37-21-12-22-38(31-37)40-24-13-25-43-44-26-14-28-48(51(44)56-50(40)43)55-47-27-11-10-23-41(47)42-30-29-39(32-49(42)55)52-53-45(35-17-6-2-7-18-35)33-46(54-52)36-19-8-3-9-20-36/h1-33H. The molecule has 0 amide bonds. The number of rotatable bonds is 6. The minimum absolute atomic E-state index is 0.674. The zero-order chi connectivity index (χ0) is 37.0. The molecule has 8 aromatic carbocycles. The summed E-state index contributed by atoms with van der Waals surface area (Å²) in [5.41, 5.74) is 14.2. The van der Waals surface area contributed by atoms with Crippen molar-refractivity contribution in [3.8, 4) is 61.8 Å². The van der Waals surface area contributed by atoms with Crippen molar-refractivity contribution in [2.24, 2.45) is 0 Å². The molecule has 0 aliphatic rings. The predicted octanol–water partition coefficient (Wildman–Crippen LogP) is 13.8. The van der Waals surface area contributed by atoms with Crippen LogP contribution < -0.4 is 0 Å². The summed E-state index contributed by atoms with van der Waals surface area (Å²) in [4.78, 5) is 10.3. The summed E-state index contributed by atoms with van der Waals surface area (Å²) < 4.78 is 9.38. The van der Waals surface area contributed by atoms with E-state index in [1.54, 1.807) is 0 Å². The Morgan fingerprint density at radius 1 is 0.339 bits per heavy atom. The van der Waals surface area contributed by atoms with Gasteiger partial charge >= 0.3 is 0 Å². The second-order valence-corrected chi connectivity index (χ2v) is 14.2. The maximum atomic E-state index is 7.04. The second-order valence-electron chi connectivity index (χ2n) is 14.2. The first kappa shape index (κ1) is 31.9. The summed E-state index contributed by atoms with van der Waals surface area (Å²) in [5, 5.41) is 4.49. The molecule has 262 valence electrons. The van der Waals surface area contributed by atoms with Gasteiger partial charge in [0, 0.05) is 43.8 Å². The highest BCUT2D eigenvalue weighted by Crippen LogP contribution is 2.42. The third-order valence-corrected chi connectivity index (χ3v) is 10.8. The van der Waals surface area contributed by atoms with Gasteiger partial charge in [-0.2, -0.15) is 0 Å². The van der Waals surface area contributed by atoms with Crippen LogP contribution in [0, 0.1) is 0 Å². The van der Waals surface area contributed by atoms with Crippen molar-refractivity contribution in [1.29, 1.82) is 0 Å². The highest BCUT2D eigenvalue weighted by Gasteiger charge is 2.20. The van der Waals surface area contributed by atoms with Crippen LogP contribution in [-0.2, 0) is 0 Å². The van der Waals surface area contributed by atoms with Gasteiger partial charge in [0.1, 0.15) is 5.58 Å². The van der Waals surface area contributed by atoms with E-state index in [1.165, 1.54) is 16.5 Å². The molecular weight excluding hydrogens is 683 g/mol. The number of nitrogens with zero attached hydrogens (tertiary/aromatic N) is 3. The minimum Gasteiger partial charge on any atom is -0.453 e. The quantitative estimate of drug-likeness (QED) is 0.172. The van der Waals surface area contributed by atoms with Gasteiger partial charge in [-0.1, -0.05) is 170 Å². The van der Waals surface area contributed by atoms with Crippen molar-refractivity contribution >= 4 is 43.7 Å². The molecule has 0 bridgehead atoms. The van der Waals surface area contributed by atoms with E-state index in [0.717, 1.165) is 83.3 Å². The Kier molecular flexibility index (Phi) is 7.46. The minimum atomic E-state index is 0.674. The van der Waals surface area contributed by atoms with Crippen LogP contribution >= 0.6 is 0 Å². The van der Waals surface area contributed by atoms with Gasteiger partial charge in [-0.05, 0) is 47.0 Å². The van der Waals surface area contributed by atoms with E-state index in [-0.39, 0.29) is 0 Å². The van der Waals surface area contributed by atoms with Crippen molar-refractivity contribution in [2.45, 2.75) is 0 Å². The van der Waals surface area contributed by atoms with Crippen molar-refractivity contribution in [1.82, 2.24) is 14.5 Å². The Morgan fingerprint density at radius 3 is 1.62 bits per heavy atom. The summed E-state index contributed by atoms with van der Waals surface area (Å²) in [6.45, 7) is 0. The van der Waals surface area contributed by atoms with Crippen LogP contribution in [0.1, 0.15) is 0 Å². The summed E-state index contributed by atoms with van der Waals surface area (Å²) in [6.07, 6.45) is 0. The molecule has 0 saturated carbocycles. The van der Waals surface area contributed by atoms with Gasteiger partial charge in [0.15, 0.2) is 11.4 Å². The molecule has 0 N–H and O–H groups in total. The summed E-state index contributed by atoms with van der Waals surface area (Å²) >= 11 is 0. The summed E-state index contributed by atoms with van der Waals surface area (Å²) in [5.74, 6) is 0.674. The van der Waals surface area contributed by atoms with Crippen LogP contribution in [0.2, 0.25) is 0 Å². The largest absolute Gasteiger partial charge is 0.453 e. The van der Waals surface area contributed by atoms with E-state index in [1.807, 2.05) is 36.4 Å². The first-order valence-corrected chi connectivity index (χ1v) is 18.9. The fraction of sp³-hybridized carbons (Fsp3) is 0. The van der Waals surface area contributed by atoms with E-state index in [0.29, 0.717) is 5.82 Å². The third kappa shape index (κ3) is 5.31. The van der Waals surface area contributed by atoms with Crippen molar-refractivity contribution in [3.05, 3.63) is 200 Å². The molecule has 0 saturated heterocycles. The second kappa shape index (κ2) is 13.1. The lowest BCUT2D eigenvalue weighted by Crippen LogP contribution is -1.97. The van der Waals surface area contributed by atoms with Crippen LogP contribution in [0.5, 0.6) is 0 Å². The van der Waals surface area contributed by atoms with Crippen molar-refractivity contribution < 1.29 is 4.42 Å². The molecule has 0 atom stereocenters. The molecule has 0 spiro atoms. The molecule has 56 heavy (non-hydrogen) atoms. The van der Waals surface area contributed by atoms with Gasteiger partial charge in [-0.15, -0.1) is 0 Å². The molecule has 11 aromatic rings. The molecule has 4 heteroatoms. The van der Waals surface area contributed by atoms with E-state index in [9.17, 15) is 0 Å². The third-order valence-electron chi connectivity index (χ3n) is 10.8. The molecule has 11 rings (SSSR count). The monoisotopic (exact) mass is 715 g/mol. The molecule has 3 heterocycles. The van der Waals surface area contributed by atoms with E-state index in [2.05, 4.69) is 168 Å². The van der Waals surface area contributed by atoms with Crippen molar-refractivity contribution in [2.75, 3.05) is 0 Å². The number of furan rings is 1. The van der Waals surface area contributed by atoms with Gasteiger partial charge in [0.25, 0.3) is 0 Å². The van der Waals surface area contributed by atoms with Crippen LogP contribution in [0.25, 0.3) is 106 Å². The van der Waals surface area contributed by atoms with Crippen LogP contribution in [0.3, 0.4) is 0 Å². The van der Waals surface area contributed by atoms with Crippen LogP contribution in [0.15, 0.2) is 205 Å². The Balaban J connectivity index is 1.12. The highest BCUT2D eigenvalue weighted by atomic mass is 16.3. The molecule has 0 radical (unpaired) electrons. The lowest BCUT2D eigenvalue weighted by molar-refractivity contribution is 0.667. The van der Waals surface area contributed by atoms with Gasteiger partial charge in [-0.25, -0.2) is 9.97 Å². The molecule has 0 unspecified atom stereocenters. The molecule has 3 aromatic heterocycles. The van der Waals surface area contributed by atoms with Gasteiger partial charge in [-0.3, -0.25) is 0 Å². The number of fused-ring (bicyclic) bond motifs is 6. The van der Waals surface area contributed by atoms with E-state index in [4.69, 9.17) is 14.4 Å². The van der Waals surface area contributed by atoms with Crippen LogP contribution in [-0.4, -0.2) is 14.5 Å². The Morgan fingerprint density at radius 2 is 0.893 bits per heavy atom. The van der Waals surface area contributed by atoms with E-state index < -0.39 is 0 Å². The van der Waals surface area contributed by atoms with Gasteiger partial charge < -0.3 is 8.98 Å². The predicted molar refractivity (Wildman–Crippen MR) is 231 cm³/mol. The molecule has 0 aliphatic heterocycles. The maximum absolute atomic E-state index is 7.04. The average Bonchev–Trinajstić information content (AvgIpc) is 3.83. The number of para-hydroxylation sites is 3. The summed E-state index contributed by atoms with van der Waals surface area (Å²) in [6, 6.07) is 70.1. The van der Waals surface area contributed by atoms with Gasteiger partial charge in [0.05, 0.1) is 28.1 Å². The molecule has 0 aliphatic carbocycles. The number of hydrogen-bond acceptors (Lipinski definition) is 3. The number of hydrogen-bond donors (Lipinski definition) is 0. The Hall–Kier alpha value is -7.56. The average molecular weight is 716 g/mol. The van der Waals surface area contributed by atoms with Gasteiger partial charge in [0.2, 0.25) is 0 Å². The highest BCUT2D eigenvalue weighted by molar-refractivity contribution is 6.14. The number of benzene rings is 8. The smallest absolute Gasteiger partial charge is 0.160 e. The molecule has 4 nitrogen and oxygen atoms in total. The fourth-order valence-electron chi connectivity index (χ4n) is 8.16. The van der Waals surface area contributed by atoms with Crippen molar-refractivity contribution in [3.63, 3.8) is 0 Å². The normalized spacial score (nSPS) is 11.6. The lowest BCUT2D eigenvalue weighted by Gasteiger charge is -2.11. The summed E-state index contributed by atoms with van der Waals surface area (Å²) in [7, 11) is 0. The Labute approximate surface area is 323 Å². The SMILES string of the molecule is c1ccc(-c2cccc(-c3cccc4c3oc3c(-n5c6ccccc6c6ccc(-c7nc(-c8ccccc8)cc(-c8ccccc8)n7)cc65)cccc34)c2)cc1. The first-order valence-electron chi connectivity index (χ1n) is 18.9. The lowest BCUT2D eigenvalue weighted by atomic mass is 9.98. The number of aromatic nitrogens is 3. The van der Waals surface area contributed by atoms with Crippen LogP contribution in [0.4, 0.5) is 0 Å². The Bertz CT molecular complexity index is 3180. The first-order chi connectivity index (χ1) is 27.8. The zero-order valence-electron chi connectivity index (χ0n) is 30.3. The van der Waals surface area contributed by atoms with E-state index >= 15 is 0 Å². The molecular formula is C52H33N3O. The topological polar surface area (TPSA) is 43.9 Å². The molecule has 0 fully saturated rings. The maximum Gasteiger partial charge on any atom is 0.160 e. The fourth-order valence-corrected chi connectivity index (χ4v) is 8.16. The zero-order valence-corrected chi connectivity index (χ0v) is 30.3.